The number of rotatable bonds is 2. The highest BCUT2D eigenvalue weighted by atomic mass is 32.2. The molecule has 0 aliphatic rings. The first-order chi connectivity index (χ1) is 12.4. The van der Waals surface area contributed by atoms with E-state index in [4.69, 9.17) is 0 Å². The molecule has 118 valence electrons. The molecule has 0 spiro atoms. The average Bonchev–Trinajstić information content (AvgIpc) is 2.67. The van der Waals surface area contributed by atoms with Crippen LogP contribution in [0.3, 0.4) is 0 Å². The zero-order valence-corrected chi connectivity index (χ0v) is 14.2. The zero-order valence-electron chi connectivity index (χ0n) is 13.4. The molecule has 0 radical (unpaired) electrons. The van der Waals surface area contributed by atoms with E-state index in [1.165, 1.54) is 26.4 Å². The molecule has 3 heteroatoms. The Morgan fingerprint density at radius 1 is 0.640 bits per heavy atom. The van der Waals surface area contributed by atoms with E-state index < -0.39 is 0 Å². The molecule has 1 heterocycles. The minimum atomic E-state index is 0.983. The van der Waals surface area contributed by atoms with Crippen LogP contribution in [-0.2, 0) is 0 Å². The van der Waals surface area contributed by atoms with E-state index in [1.807, 2.05) is 6.07 Å². The van der Waals surface area contributed by atoms with Gasteiger partial charge in [0.05, 0.1) is 5.52 Å². The van der Waals surface area contributed by atoms with Gasteiger partial charge in [-0.05, 0) is 51.9 Å². The van der Waals surface area contributed by atoms with Crippen LogP contribution < -0.4 is 0 Å². The Bertz CT molecular complexity index is 1220. The summed E-state index contributed by atoms with van der Waals surface area (Å²) in [6.07, 6.45) is 1.65. The van der Waals surface area contributed by atoms with E-state index in [-0.39, 0.29) is 0 Å². The third-order valence-electron chi connectivity index (χ3n) is 4.41. The van der Waals surface area contributed by atoms with E-state index in [9.17, 15) is 0 Å². The van der Waals surface area contributed by atoms with Crippen LogP contribution in [0.2, 0.25) is 0 Å². The van der Waals surface area contributed by atoms with Gasteiger partial charge in [0.25, 0.3) is 0 Å². The molecule has 0 saturated heterocycles. The molecule has 0 saturated carbocycles. The van der Waals surface area contributed by atoms with Crippen molar-refractivity contribution in [1.29, 1.82) is 0 Å². The summed E-state index contributed by atoms with van der Waals surface area (Å²) in [4.78, 5) is 10.3. The molecule has 5 aromatic rings. The summed E-state index contributed by atoms with van der Waals surface area (Å²) in [5, 5.41) is 7.04. The molecule has 0 unspecified atom stereocenters. The first-order valence-corrected chi connectivity index (χ1v) is 8.99. The van der Waals surface area contributed by atoms with Crippen molar-refractivity contribution in [2.24, 2.45) is 0 Å². The van der Waals surface area contributed by atoms with Crippen molar-refractivity contribution in [1.82, 2.24) is 9.97 Å². The van der Waals surface area contributed by atoms with Crippen LogP contribution in [0.4, 0.5) is 0 Å². The summed E-state index contributed by atoms with van der Waals surface area (Å²) in [6, 6.07) is 27.6. The molecule has 0 aliphatic heterocycles. The Morgan fingerprint density at radius 3 is 2.24 bits per heavy atom. The second-order valence-corrected chi connectivity index (χ2v) is 7.04. The summed E-state index contributed by atoms with van der Waals surface area (Å²) in [5.41, 5.74) is 0.983. The molecule has 2 nitrogen and oxygen atoms in total. The first kappa shape index (κ1) is 14.4. The fraction of sp³-hybridized carbons (Fsp3) is 0. The van der Waals surface area contributed by atoms with Crippen molar-refractivity contribution in [2.45, 2.75) is 9.92 Å². The topological polar surface area (TPSA) is 25.8 Å². The highest BCUT2D eigenvalue weighted by molar-refractivity contribution is 7.99. The van der Waals surface area contributed by atoms with E-state index in [1.54, 1.807) is 18.1 Å². The lowest BCUT2D eigenvalue weighted by molar-refractivity contribution is 1.10. The summed E-state index contributed by atoms with van der Waals surface area (Å²) in [7, 11) is 0. The SMILES string of the molecule is c1ccc(Sc2ncnc3ccc4cc5ccccc5cc4c23)cc1. The van der Waals surface area contributed by atoms with Gasteiger partial charge >= 0.3 is 0 Å². The van der Waals surface area contributed by atoms with Gasteiger partial charge in [0.2, 0.25) is 0 Å². The largest absolute Gasteiger partial charge is 0.236 e. The van der Waals surface area contributed by atoms with Gasteiger partial charge < -0.3 is 0 Å². The molecule has 0 N–H and O–H groups in total. The molecule has 0 amide bonds. The summed E-state index contributed by atoms with van der Waals surface area (Å²) < 4.78 is 0. The van der Waals surface area contributed by atoms with Crippen molar-refractivity contribution in [3.8, 4) is 0 Å². The predicted octanol–water partition coefficient (Wildman–Crippen LogP) is 6.09. The van der Waals surface area contributed by atoms with Gasteiger partial charge in [0.1, 0.15) is 11.4 Å². The smallest absolute Gasteiger partial charge is 0.117 e. The quantitative estimate of drug-likeness (QED) is 0.221. The monoisotopic (exact) mass is 338 g/mol. The normalized spacial score (nSPS) is 11.4. The summed E-state index contributed by atoms with van der Waals surface area (Å²) in [6.45, 7) is 0. The third kappa shape index (κ3) is 2.53. The highest BCUT2D eigenvalue weighted by Gasteiger charge is 2.10. The van der Waals surface area contributed by atoms with Crippen molar-refractivity contribution in [3.05, 3.63) is 85.2 Å². The number of aromatic nitrogens is 2. The van der Waals surface area contributed by atoms with Crippen LogP contribution in [0.15, 0.2) is 95.1 Å². The van der Waals surface area contributed by atoms with Crippen molar-refractivity contribution in [2.75, 3.05) is 0 Å². The molecule has 1 aromatic heterocycles. The van der Waals surface area contributed by atoms with Gasteiger partial charge in [-0.15, -0.1) is 0 Å². The number of nitrogens with zero attached hydrogens (tertiary/aromatic N) is 2. The fourth-order valence-corrected chi connectivity index (χ4v) is 4.15. The number of hydrogen-bond acceptors (Lipinski definition) is 3. The van der Waals surface area contributed by atoms with Gasteiger partial charge in [-0.2, -0.15) is 0 Å². The van der Waals surface area contributed by atoms with Crippen molar-refractivity contribution in [3.63, 3.8) is 0 Å². The summed E-state index contributed by atoms with van der Waals surface area (Å²) in [5.74, 6) is 0. The Balaban J connectivity index is 1.82. The van der Waals surface area contributed by atoms with E-state index in [2.05, 4.69) is 82.8 Å². The van der Waals surface area contributed by atoms with Crippen LogP contribution in [0.5, 0.6) is 0 Å². The molecule has 0 fully saturated rings. The summed E-state index contributed by atoms with van der Waals surface area (Å²) >= 11 is 1.69. The van der Waals surface area contributed by atoms with Crippen LogP contribution in [0.1, 0.15) is 0 Å². The van der Waals surface area contributed by atoms with Gasteiger partial charge in [-0.3, -0.25) is 0 Å². The van der Waals surface area contributed by atoms with Crippen molar-refractivity contribution < 1.29 is 0 Å². The standard InChI is InChI=1S/C22H14N2S/c1-2-8-18(9-3-1)25-22-21-19-13-16-7-5-4-6-15(16)12-17(19)10-11-20(21)23-14-24-22/h1-14H. The third-order valence-corrected chi connectivity index (χ3v) is 5.42. The first-order valence-electron chi connectivity index (χ1n) is 8.18. The lowest BCUT2D eigenvalue weighted by Crippen LogP contribution is -1.89. The fourth-order valence-electron chi connectivity index (χ4n) is 3.22. The molecule has 5 rings (SSSR count). The Hall–Kier alpha value is -2.91. The maximum absolute atomic E-state index is 4.58. The molecule has 4 aromatic carbocycles. The van der Waals surface area contributed by atoms with E-state index >= 15 is 0 Å². The van der Waals surface area contributed by atoms with Crippen LogP contribution in [0, 0.1) is 0 Å². The van der Waals surface area contributed by atoms with Crippen LogP contribution in [-0.4, -0.2) is 9.97 Å². The number of fused-ring (bicyclic) bond motifs is 4. The van der Waals surface area contributed by atoms with Gasteiger partial charge in [-0.25, -0.2) is 9.97 Å². The second-order valence-electron chi connectivity index (χ2n) is 5.97. The molecule has 0 bridgehead atoms. The lowest BCUT2D eigenvalue weighted by Gasteiger charge is -2.09. The Labute approximate surface area is 149 Å². The van der Waals surface area contributed by atoms with Gasteiger partial charge in [0, 0.05) is 10.3 Å². The minimum Gasteiger partial charge on any atom is -0.236 e. The highest BCUT2D eigenvalue weighted by Crippen LogP contribution is 2.36. The number of benzene rings is 4. The molecular formula is C22H14N2S. The van der Waals surface area contributed by atoms with E-state index in [0.29, 0.717) is 0 Å². The van der Waals surface area contributed by atoms with Crippen LogP contribution in [0.25, 0.3) is 32.4 Å². The Kier molecular flexibility index (Phi) is 3.39. The second kappa shape index (κ2) is 5.87. The van der Waals surface area contributed by atoms with Crippen LogP contribution >= 0.6 is 11.8 Å². The maximum Gasteiger partial charge on any atom is 0.117 e. The van der Waals surface area contributed by atoms with Gasteiger partial charge in [-0.1, -0.05) is 60.3 Å². The molecule has 0 atom stereocenters. The predicted molar refractivity (Wildman–Crippen MR) is 105 cm³/mol. The average molecular weight is 338 g/mol. The van der Waals surface area contributed by atoms with Crippen molar-refractivity contribution >= 4 is 44.2 Å². The molecular weight excluding hydrogens is 324 g/mol. The Morgan fingerprint density at radius 2 is 1.40 bits per heavy atom. The lowest BCUT2D eigenvalue weighted by atomic mass is 10.0. The molecule has 0 aliphatic carbocycles. The molecule has 25 heavy (non-hydrogen) atoms. The van der Waals surface area contributed by atoms with E-state index in [0.717, 1.165) is 15.9 Å². The number of hydrogen-bond donors (Lipinski definition) is 0. The maximum atomic E-state index is 4.58. The zero-order chi connectivity index (χ0) is 16.6. The minimum absolute atomic E-state index is 0.983. The van der Waals surface area contributed by atoms with Gasteiger partial charge in [0.15, 0.2) is 0 Å².